The summed E-state index contributed by atoms with van der Waals surface area (Å²) in [6.07, 6.45) is 3.55. The molecule has 4 rings (SSSR count). The summed E-state index contributed by atoms with van der Waals surface area (Å²) in [4.78, 5) is 4.33. The van der Waals surface area contributed by atoms with Crippen molar-refractivity contribution in [3.05, 3.63) is 61.1 Å². The summed E-state index contributed by atoms with van der Waals surface area (Å²) < 4.78 is 8.81. The highest BCUT2D eigenvalue weighted by Gasteiger charge is 2.06. The van der Waals surface area contributed by atoms with Crippen molar-refractivity contribution in [3.63, 3.8) is 0 Å². The molecule has 4 aromatic rings. The number of para-hydroxylation sites is 1. The van der Waals surface area contributed by atoms with Gasteiger partial charge in [-0.1, -0.05) is 18.2 Å². The number of ether oxygens (including phenoxy) is 1. The van der Waals surface area contributed by atoms with Crippen molar-refractivity contribution in [1.29, 1.82) is 0 Å². The third kappa shape index (κ3) is 3.22. The fourth-order valence-electron chi connectivity index (χ4n) is 2.66. The van der Waals surface area contributed by atoms with E-state index in [4.69, 9.17) is 4.74 Å². The first-order valence-electron chi connectivity index (χ1n) is 8.02. The maximum absolute atomic E-state index is 5.14. The van der Waals surface area contributed by atoms with Crippen LogP contribution in [-0.4, -0.2) is 38.3 Å². The van der Waals surface area contributed by atoms with Crippen LogP contribution in [-0.2, 0) is 11.3 Å². The number of nitrogens with zero attached hydrogens (tertiary/aromatic N) is 5. The van der Waals surface area contributed by atoms with Gasteiger partial charge in [0.2, 0.25) is 5.95 Å². The van der Waals surface area contributed by atoms with E-state index in [1.807, 2.05) is 59.4 Å². The molecule has 7 nitrogen and oxygen atoms in total. The normalized spacial score (nSPS) is 11.1. The molecular weight excluding hydrogens is 316 g/mol. The van der Waals surface area contributed by atoms with Crippen LogP contribution in [0.25, 0.3) is 16.6 Å². The highest BCUT2D eigenvalue weighted by Crippen LogP contribution is 2.21. The Balaban J connectivity index is 1.57. The van der Waals surface area contributed by atoms with E-state index in [1.54, 1.807) is 18.1 Å². The summed E-state index contributed by atoms with van der Waals surface area (Å²) in [5, 5.41) is 13.2. The summed E-state index contributed by atoms with van der Waals surface area (Å²) in [7, 11) is 1.69. The van der Waals surface area contributed by atoms with Crippen LogP contribution in [0, 0.1) is 0 Å². The van der Waals surface area contributed by atoms with Gasteiger partial charge in [-0.2, -0.15) is 10.1 Å². The van der Waals surface area contributed by atoms with Crippen LogP contribution < -0.4 is 5.32 Å². The molecule has 0 bridgehead atoms. The summed E-state index contributed by atoms with van der Waals surface area (Å²) >= 11 is 0. The standard InChI is InChI=1S/C18H18N6O/c1-25-10-9-23-17-11-15(8-7-14(17)12-20-23)21-18-19-13-24(22-18)16-5-3-2-4-6-16/h2-8,11-13H,9-10H2,1H3,(H,21,22). The minimum absolute atomic E-state index is 0.547. The summed E-state index contributed by atoms with van der Waals surface area (Å²) in [5.41, 5.74) is 2.93. The first-order chi connectivity index (χ1) is 12.3. The van der Waals surface area contributed by atoms with Gasteiger partial charge in [0.15, 0.2) is 0 Å². The average molecular weight is 334 g/mol. The van der Waals surface area contributed by atoms with E-state index in [0.29, 0.717) is 19.1 Å². The van der Waals surface area contributed by atoms with Crippen LogP contribution in [0.5, 0.6) is 0 Å². The van der Waals surface area contributed by atoms with Crippen molar-refractivity contribution in [2.75, 3.05) is 19.0 Å². The second kappa shape index (κ2) is 6.74. The van der Waals surface area contributed by atoms with Crippen molar-refractivity contribution >= 4 is 22.5 Å². The zero-order valence-corrected chi connectivity index (χ0v) is 13.8. The van der Waals surface area contributed by atoms with Gasteiger partial charge in [0.05, 0.1) is 30.6 Å². The number of aromatic nitrogens is 5. The van der Waals surface area contributed by atoms with E-state index in [2.05, 4.69) is 20.5 Å². The topological polar surface area (TPSA) is 69.8 Å². The number of nitrogens with one attached hydrogen (secondary N) is 1. The number of methoxy groups -OCH3 is 1. The van der Waals surface area contributed by atoms with E-state index >= 15 is 0 Å². The second-order valence-corrected chi connectivity index (χ2v) is 5.61. The molecule has 0 saturated heterocycles. The van der Waals surface area contributed by atoms with E-state index in [9.17, 15) is 0 Å². The number of fused-ring (bicyclic) bond motifs is 1. The largest absolute Gasteiger partial charge is 0.383 e. The number of hydrogen-bond acceptors (Lipinski definition) is 5. The summed E-state index contributed by atoms with van der Waals surface area (Å²) in [6, 6.07) is 16.0. The maximum atomic E-state index is 5.14. The Morgan fingerprint density at radius 1 is 1.12 bits per heavy atom. The smallest absolute Gasteiger partial charge is 0.246 e. The first kappa shape index (κ1) is 15.3. The molecule has 0 aliphatic carbocycles. The number of benzene rings is 2. The third-order valence-electron chi connectivity index (χ3n) is 3.92. The molecular formula is C18H18N6O. The van der Waals surface area contributed by atoms with Gasteiger partial charge in [-0.3, -0.25) is 4.68 Å². The van der Waals surface area contributed by atoms with Gasteiger partial charge in [0, 0.05) is 18.2 Å². The first-order valence-corrected chi connectivity index (χ1v) is 8.02. The van der Waals surface area contributed by atoms with Gasteiger partial charge in [-0.15, -0.1) is 5.10 Å². The fourth-order valence-corrected chi connectivity index (χ4v) is 2.66. The lowest BCUT2D eigenvalue weighted by Crippen LogP contribution is -2.05. The lowest BCUT2D eigenvalue weighted by molar-refractivity contribution is 0.185. The van der Waals surface area contributed by atoms with Gasteiger partial charge >= 0.3 is 0 Å². The Hall–Kier alpha value is -3.19. The number of anilines is 2. The molecule has 0 spiro atoms. The zero-order valence-electron chi connectivity index (χ0n) is 13.8. The van der Waals surface area contributed by atoms with Gasteiger partial charge in [-0.05, 0) is 30.3 Å². The Labute approximate surface area is 144 Å². The molecule has 25 heavy (non-hydrogen) atoms. The van der Waals surface area contributed by atoms with Crippen LogP contribution in [0.1, 0.15) is 0 Å². The van der Waals surface area contributed by atoms with Crippen LogP contribution in [0.3, 0.4) is 0 Å². The monoisotopic (exact) mass is 334 g/mol. The summed E-state index contributed by atoms with van der Waals surface area (Å²) in [6.45, 7) is 1.34. The molecule has 0 unspecified atom stereocenters. The molecule has 126 valence electrons. The van der Waals surface area contributed by atoms with E-state index in [-0.39, 0.29) is 0 Å². The molecule has 0 aliphatic heterocycles. The third-order valence-corrected chi connectivity index (χ3v) is 3.92. The minimum Gasteiger partial charge on any atom is -0.383 e. The Bertz CT molecular complexity index is 976. The molecule has 7 heteroatoms. The van der Waals surface area contributed by atoms with Gasteiger partial charge in [0.25, 0.3) is 0 Å². The average Bonchev–Trinajstić information content (AvgIpc) is 3.28. The quantitative estimate of drug-likeness (QED) is 0.587. The number of hydrogen-bond donors (Lipinski definition) is 1. The second-order valence-electron chi connectivity index (χ2n) is 5.61. The lowest BCUT2D eigenvalue weighted by Gasteiger charge is -2.05. The van der Waals surface area contributed by atoms with E-state index in [1.165, 1.54) is 0 Å². The molecule has 1 N–H and O–H groups in total. The van der Waals surface area contributed by atoms with Crippen LogP contribution in [0.2, 0.25) is 0 Å². The van der Waals surface area contributed by atoms with Gasteiger partial charge in [0.1, 0.15) is 6.33 Å². The Morgan fingerprint density at radius 3 is 2.84 bits per heavy atom. The number of rotatable bonds is 6. The highest BCUT2D eigenvalue weighted by atomic mass is 16.5. The van der Waals surface area contributed by atoms with Crippen molar-refractivity contribution < 1.29 is 4.74 Å². The SMILES string of the molecule is COCCn1ncc2ccc(Nc3ncn(-c4ccccc4)n3)cc21. The molecule has 0 radical (unpaired) electrons. The van der Waals surface area contributed by atoms with Crippen molar-refractivity contribution in [3.8, 4) is 5.69 Å². The summed E-state index contributed by atoms with van der Waals surface area (Å²) in [5.74, 6) is 0.547. The van der Waals surface area contributed by atoms with Crippen molar-refractivity contribution in [2.45, 2.75) is 6.54 Å². The van der Waals surface area contributed by atoms with Gasteiger partial charge < -0.3 is 10.1 Å². The maximum Gasteiger partial charge on any atom is 0.246 e. The fraction of sp³-hybridized carbons (Fsp3) is 0.167. The predicted octanol–water partition coefficient (Wildman–Crippen LogP) is 3.01. The lowest BCUT2D eigenvalue weighted by atomic mass is 10.2. The Morgan fingerprint density at radius 2 is 2.00 bits per heavy atom. The molecule has 0 saturated carbocycles. The van der Waals surface area contributed by atoms with Crippen molar-refractivity contribution in [1.82, 2.24) is 24.5 Å². The van der Waals surface area contributed by atoms with E-state index in [0.717, 1.165) is 22.3 Å². The van der Waals surface area contributed by atoms with E-state index < -0.39 is 0 Å². The predicted molar refractivity (Wildman–Crippen MR) is 96.3 cm³/mol. The molecule has 0 amide bonds. The Kier molecular flexibility index (Phi) is 4.14. The minimum atomic E-state index is 0.547. The molecule has 2 aromatic carbocycles. The molecule has 2 heterocycles. The van der Waals surface area contributed by atoms with Gasteiger partial charge in [-0.25, -0.2) is 4.68 Å². The van der Waals surface area contributed by atoms with Crippen LogP contribution >= 0.6 is 0 Å². The molecule has 0 aliphatic rings. The van der Waals surface area contributed by atoms with Crippen LogP contribution in [0.4, 0.5) is 11.6 Å². The molecule has 0 fully saturated rings. The van der Waals surface area contributed by atoms with Crippen molar-refractivity contribution in [2.24, 2.45) is 0 Å². The molecule has 0 atom stereocenters. The highest BCUT2D eigenvalue weighted by molar-refractivity contribution is 5.83. The van der Waals surface area contributed by atoms with Crippen LogP contribution in [0.15, 0.2) is 61.1 Å². The molecule has 2 aromatic heterocycles. The zero-order chi connectivity index (χ0) is 17.1.